The van der Waals surface area contributed by atoms with Crippen molar-refractivity contribution in [3.05, 3.63) is 12.2 Å². The second kappa shape index (κ2) is 2.72. The highest BCUT2D eigenvalue weighted by Crippen LogP contribution is 2.27. The predicted molar refractivity (Wildman–Crippen MR) is 41.7 cm³/mol. The maximum atomic E-state index is 5.55. The van der Waals surface area contributed by atoms with Crippen LogP contribution in [0.2, 0.25) is 0 Å². The largest absolute Gasteiger partial charge is 0.379 e. The van der Waals surface area contributed by atoms with Gasteiger partial charge in [-0.3, -0.25) is 0 Å². The van der Waals surface area contributed by atoms with Crippen LogP contribution in [0, 0.1) is 5.41 Å². The SMILES string of the molecule is CC(N)/C=C/C1(C)COC1. The number of nitrogens with two attached hydrogens (primary N) is 1. The third-order valence-corrected chi connectivity index (χ3v) is 1.67. The molecule has 58 valence electrons. The van der Waals surface area contributed by atoms with Gasteiger partial charge < -0.3 is 10.5 Å². The summed E-state index contributed by atoms with van der Waals surface area (Å²) in [5, 5.41) is 0. The summed E-state index contributed by atoms with van der Waals surface area (Å²) < 4.78 is 5.08. The maximum absolute atomic E-state index is 5.55. The van der Waals surface area contributed by atoms with E-state index >= 15 is 0 Å². The third kappa shape index (κ3) is 1.82. The Balaban J connectivity index is 2.36. The first-order chi connectivity index (χ1) is 4.62. The minimum absolute atomic E-state index is 0.164. The molecule has 1 fully saturated rings. The monoisotopic (exact) mass is 141 g/mol. The highest BCUT2D eigenvalue weighted by Gasteiger charge is 2.29. The smallest absolute Gasteiger partial charge is 0.0576 e. The van der Waals surface area contributed by atoms with E-state index in [4.69, 9.17) is 10.5 Å². The average molecular weight is 141 g/mol. The fourth-order valence-corrected chi connectivity index (χ4v) is 0.904. The minimum atomic E-state index is 0.164. The molecule has 0 aromatic rings. The normalized spacial score (nSPS) is 26.3. The lowest BCUT2D eigenvalue weighted by Gasteiger charge is -2.35. The fourth-order valence-electron chi connectivity index (χ4n) is 0.904. The lowest BCUT2D eigenvalue weighted by atomic mass is 9.88. The van der Waals surface area contributed by atoms with Crippen LogP contribution in [0.3, 0.4) is 0 Å². The molecule has 1 aliphatic heterocycles. The zero-order chi connectivity index (χ0) is 7.61. The minimum Gasteiger partial charge on any atom is -0.379 e. The van der Waals surface area contributed by atoms with Crippen LogP contribution in [0.4, 0.5) is 0 Å². The van der Waals surface area contributed by atoms with Gasteiger partial charge in [-0.25, -0.2) is 0 Å². The Hall–Kier alpha value is -0.340. The van der Waals surface area contributed by atoms with Gasteiger partial charge in [0.15, 0.2) is 0 Å². The van der Waals surface area contributed by atoms with Crippen LogP contribution in [0.15, 0.2) is 12.2 Å². The van der Waals surface area contributed by atoms with Gasteiger partial charge in [-0.2, -0.15) is 0 Å². The zero-order valence-corrected chi connectivity index (χ0v) is 6.63. The van der Waals surface area contributed by atoms with Gasteiger partial charge in [-0.05, 0) is 6.92 Å². The predicted octanol–water partition coefficient (Wildman–Crippen LogP) is 0.926. The van der Waals surface area contributed by atoms with Crippen LogP contribution < -0.4 is 5.73 Å². The van der Waals surface area contributed by atoms with Gasteiger partial charge in [0.2, 0.25) is 0 Å². The van der Waals surface area contributed by atoms with Crippen LogP contribution in [0.25, 0.3) is 0 Å². The summed E-state index contributed by atoms with van der Waals surface area (Å²) in [4.78, 5) is 0. The molecule has 0 spiro atoms. The van der Waals surface area contributed by atoms with Crippen molar-refractivity contribution in [1.82, 2.24) is 0 Å². The Labute approximate surface area is 62.1 Å². The van der Waals surface area contributed by atoms with Gasteiger partial charge in [0.25, 0.3) is 0 Å². The van der Waals surface area contributed by atoms with Crippen LogP contribution in [0.5, 0.6) is 0 Å². The molecule has 2 heteroatoms. The Morgan fingerprint density at radius 1 is 1.60 bits per heavy atom. The summed E-state index contributed by atoms with van der Waals surface area (Å²) in [5.74, 6) is 0. The van der Waals surface area contributed by atoms with Gasteiger partial charge in [-0.1, -0.05) is 19.1 Å². The Kier molecular flexibility index (Phi) is 2.11. The molecule has 0 amide bonds. The van der Waals surface area contributed by atoms with E-state index < -0.39 is 0 Å². The van der Waals surface area contributed by atoms with Crippen molar-refractivity contribution in [2.24, 2.45) is 11.1 Å². The summed E-state index contributed by atoms with van der Waals surface area (Å²) in [6.07, 6.45) is 4.18. The number of rotatable bonds is 2. The van der Waals surface area contributed by atoms with E-state index in [2.05, 4.69) is 13.0 Å². The van der Waals surface area contributed by atoms with Crippen molar-refractivity contribution >= 4 is 0 Å². The molecule has 2 N–H and O–H groups in total. The Bertz CT molecular complexity index is 136. The van der Waals surface area contributed by atoms with Gasteiger partial charge in [0, 0.05) is 11.5 Å². The first kappa shape index (κ1) is 7.76. The van der Waals surface area contributed by atoms with Crippen molar-refractivity contribution in [2.45, 2.75) is 19.9 Å². The molecule has 0 aromatic heterocycles. The van der Waals surface area contributed by atoms with Crippen LogP contribution in [0.1, 0.15) is 13.8 Å². The molecule has 0 aromatic carbocycles. The Morgan fingerprint density at radius 2 is 2.20 bits per heavy atom. The average Bonchev–Trinajstić information content (AvgIpc) is 1.79. The highest BCUT2D eigenvalue weighted by atomic mass is 16.5. The van der Waals surface area contributed by atoms with Crippen molar-refractivity contribution in [1.29, 1.82) is 0 Å². The van der Waals surface area contributed by atoms with E-state index in [9.17, 15) is 0 Å². The highest BCUT2D eigenvalue weighted by molar-refractivity contribution is 5.03. The van der Waals surface area contributed by atoms with E-state index in [1.165, 1.54) is 0 Å². The summed E-state index contributed by atoms with van der Waals surface area (Å²) >= 11 is 0. The molecule has 2 nitrogen and oxygen atoms in total. The second-order valence-corrected chi connectivity index (χ2v) is 3.37. The number of hydrogen-bond acceptors (Lipinski definition) is 2. The molecule has 10 heavy (non-hydrogen) atoms. The van der Waals surface area contributed by atoms with E-state index in [0.717, 1.165) is 13.2 Å². The molecule has 1 unspecified atom stereocenters. The topological polar surface area (TPSA) is 35.2 Å². The van der Waals surface area contributed by atoms with Crippen molar-refractivity contribution in [3.8, 4) is 0 Å². The maximum Gasteiger partial charge on any atom is 0.0576 e. The molecule has 0 saturated carbocycles. The van der Waals surface area contributed by atoms with Gasteiger partial charge in [-0.15, -0.1) is 0 Å². The number of ether oxygens (including phenoxy) is 1. The van der Waals surface area contributed by atoms with E-state index in [0.29, 0.717) is 0 Å². The summed E-state index contributed by atoms with van der Waals surface area (Å²) in [5.41, 5.74) is 5.82. The molecule has 0 radical (unpaired) electrons. The molecule has 1 saturated heterocycles. The molecule has 1 atom stereocenters. The van der Waals surface area contributed by atoms with Crippen molar-refractivity contribution in [3.63, 3.8) is 0 Å². The van der Waals surface area contributed by atoms with Gasteiger partial charge in [0.1, 0.15) is 0 Å². The van der Waals surface area contributed by atoms with Crippen LogP contribution in [-0.4, -0.2) is 19.3 Å². The van der Waals surface area contributed by atoms with Gasteiger partial charge >= 0.3 is 0 Å². The molecular formula is C8H15NO. The lowest BCUT2D eigenvalue weighted by Crippen LogP contribution is -2.38. The second-order valence-electron chi connectivity index (χ2n) is 3.37. The van der Waals surface area contributed by atoms with E-state index in [-0.39, 0.29) is 11.5 Å². The molecule has 0 aliphatic carbocycles. The first-order valence-electron chi connectivity index (χ1n) is 3.65. The molecule has 0 bridgehead atoms. The standard InChI is InChI=1S/C8H15NO/c1-7(9)3-4-8(2)5-10-6-8/h3-4,7H,5-6,9H2,1-2H3/b4-3+. The molecular weight excluding hydrogens is 126 g/mol. The molecule has 1 heterocycles. The zero-order valence-electron chi connectivity index (χ0n) is 6.63. The summed E-state index contributed by atoms with van der Waals surface area (Å²) in [7, 11) is 0. The van der Waals surface area contributed by atoms with Crippen LogP contribution in [-0.2, 0) is 4.74 Å². The summed E-state index contributed by atoms with van der Waals surface area (Å²) in [6.45, 7) is 5.83. The van der Waals surface area contributed by atoms with Crippen molar-refractivity contribution in [2.75, 3.05) is 13.2 Å². The number of hydrogen-bond donors (Lipinski definition) is 1. The van der Waals surface area contributed by atoms with E-state index in [1.54, 1.807) is 0 Å². The summed E-state index contributed by atoms with van der Waals surface area (Å²) in [6, 6.07) is 0.164. The van der Waals surface area contributed by atoms with Crippen LogP contribution >= 0.6 is 0 Å². The first-order valence-corrected chi connectivity index (χ1v) is 3.65. The lowest BCUT2D eigenvalue weighted by molar-refractivity contribution is -0.0709. The third-order valence-electron chi connectivity index (χ3n) is 1.67. The Morgan fingerprint density at radius 3 is 2.50 bits per heavy atom. The quantitative estimate of drug-likeness (QED) is 0.580. The molecule has 1 rings (SSSR count). The molecule has 1 aliphatic rings. The van der Waals surface area contributed by atoms with Crippen molar-refractivity contribution < 1.29 is 4.74 Å². The van der Waals surface area contributed by atoms with E-state index in [1.807, 2.05) is 13.0 Å². The fraction of sp³-hybridized carbons (Fsp3) is 0.750. The van der Waals surface area contributed by atoms with Gasteiger partial charge in [0.05, 0.1) is 13.2 Å².